The standard InChI is InChI=1S/C21H24O5/c1-13-3-7-15(8-4-13)18(20(23)24)11-17(22)12-19(21(25)26)16-9-5-14(2)6-10-16/h3-10,17-19,22H,11-12H2,1-2H3,(H,23,24)(H,25,26). The number of carbonyl (C=O) groups is 2. The van der Waals surface area contributed by atoms with Gasteiger partial charge in [-0.3, -0.25) is 9.59 Å². The summed E-state index contributed by atoms with van der Waals surface area (Å²) in [7, 11) is 0. The molecule has 3 N–H and O–H groups in total. The maximum atomic E-state index is 11.6. The van der Waals surface area contributed by atoms with Crippen molar-refractivity contribution in [3.8, 4) is 0 Å². The monoisotopic (exact) mass is 356 g/mol. The van der Waals surface area contributed by atoms with Crippen molar-refractivity contribution in [3.05, 3.63) is 70.8 Å². The van der Waals surface area contributed by atoms with Gasteiger partial charge in [0.1, 0.15) is 0 Å². The quantitative estimate of drug-likeness (QED) is 0.673. The lowest BCUT2D eigenvalue weighted by atomic mass is 9.86. The van der Waals surface area contributed by atoms with E-state index in [4.69, 9.17) is 0 Å². The molecule has 2 rings (SSSR count). The van der Waals surface area contributed by atoms with Crippen LogP contribution in [0.1, 0.15) is 46.9 Å². The molecule has 0 aliphatic heterocycles. The second-order valence-corrected chi connectivity index (χ2v) is 6.73. The minimum atomic E-state index is -1.04. The van der Waals surface area contributed by atoms with Gasteiger partial charge in [-0.15, -0.1) is 0 Å². The lowest BCUT2D eigenvalue weighted by molar-refractivity contribution is -0.140. The molecule has 5 nitrogen and oxygen atoms in total. The second kappa shape index (κ2) is 8.63. The largest absolute Gasteiger partial charge is 0.481 e. The smallest absolute Gasteiger partial charge is 0.311 e. The van der Waals surface area contributed by atoms with Crippen molar-refractivity contribution in [2.75, 3.05) is 0 Å². The topological polar surface area (TPSA) is 94.8 Å². The summed E-state index contributed by atoms with van der Waals surface area (Å²) in [6.07, 6.45) is -1.11. The number of aryl methyl sites for hydroxylation is 2. The van der Waals surface area contributed by atoms with E-state index in [0.717, 1.165) is 11.1 Å². The highest BCUT2D eigenvalue weighted by molar-refractivity contribution is 5.77. The fourth-order valence-corrected chi connectivity index (χ4v) is 3.00. The summed E-state index contributed by atoms with van der Waals surface area (Å²) in [5.74, 6) is -3.82. The molecule has 26 heavy (non-hydrogen) atoms. The Hall–Kier alpha value is -2.66. The van der Waals surface area contributed by atoms with Gasteiger partial charge in [-0.05, 0) is 37.8 Å². The van der Waals surface area contributed by atoms with Crippen LogP contribution in [0.3, 0.4) is 0 Å². The zero-order chi connectivity index (χ0) is 19.3. The number of aliphatic hydroxyl groups is 1. The van der Waals surface area contributed by atoms with Gasteiger partial charge in [0.15, 0.2) is 0 Å². The highest BCUT2D eigenvalue weighted by Crippen LogP contribution is 2.28. The Morgan fingerprint density at radius 1 is 0.731 bits per heavy atom. The summed E-state index contributed by atoms with van der Waals surface area (Å²) >= 11 is 0. The lowest BCUT2D eigenvalue weighted by Gasteiger charge is -2.21. The average Bonchev–Trinajstić information content (AvgIpc) is 2.59. The van der Waals surface area contributed by atoms with Crippen molar-refractivity contribution in [2.24, 2.45) is 0 Å². The Balaban J connectivity index is 2.13. The summed E-state index contributed by atoms with van der Waals surface area (Å²) in [6.45, 7) is 3.82. The Morgan fingerprint density at radius 3 is 1.31 bits per heavy atom. The van der Waals surface area contributed by atoms with Gasteiger partial charge in [0.2, 0.25) is 0 Å². The number of aliphatic hydroxyl groups excluding tert-OH is 1. The molecule has 138 valence electrons. The van der Waals surface area contributed by atoms with Crippen molar-refractivity contribution < 1.29 is 24.9 Å². The average molecular weight is 356 g/mol. The molecule has 0 aliphatic carbocycles. The maximum Gasteiger partial charge on any atom is 0.311 e. The molecule has 0 spiro atoms. The van der Waals surface area contributed by atoms with E-state index < -0.39 is 29.9 Å². The molecule has 0 saturated carbocycles. The van der Waals surface area contributed by atoms with Crippen LogP contribution >= 0.6 is 0 Å². The highest BCUT2D eigenvalue weighted by atomic mass is 16.4. The Bertz CT molecular complexity index is 683. The molecule has 2 atom stereocenters. The van der Waals surface area contributed by atoms with Crippen molar-refractivity contribution in [2.45, 2.75) is 44.6 Å². The number of hydrogen-bond donors (Lipinski definition) is 3. The molecule has 0 bridgehead atoms. The molecule has 2 aromatic carbocycles. The predicted molar refractivity (Wildman–Crippen MR) is 98.4 cm³/mol. The van der Waals surface area contributed by atoms with E-state index in [1.807, 2.05) is 38.1 Å². The van der Waals surface area contributed by atoms with Crippen molar-refractivity contribution in [1.29, 1.82) is 0 Å². The van der Waals surface area contributed by atoms with Crippen LogP contribution in [0.5, 0.6) is 0 Å². The first-order valence-corrected chi connectivity index (χ1v) is 8.54. The van der Waals surface area contributed by atoms with Crippen LogP contribution in [0.2, 0.25) is 0 Å². The Kier molecular flexibility index (Phi) is 6.52. The second-order valence-electron chi connectivity index (χ2n) is 6.73. The van der Waals surface area contributed by atoms with Crippen LogP contribution in [0, 0.1) is 13.8 Å². The van der Waals surface area contributed by atoms with E-state index in [0.29, 0.717) is 11.1 Å². The van der Waals surface area contributed by atoms with Gasteiger partial charge >= 0.3 is 11.9 Å². The molecule has 2 aromatic rings. The van der Waals surface area contributed by atoms with Gasteiger partial charge < -0.3 is 15.3 Å². The molecule has 5 heteroatoms. The number of rotatable bonds is 8. The van der Waals surface area contributed by atoms with Gasteiger partial charge in [0, 0.05) is 0 Å². The van der Waals surface area contributed by atoms with E-state index >= 15 is 0 Å². The van der Waals surface area contributed by atoms with Crippen molar-refractivity contribution in [1.82, 2.24) is 0 Å². The minimum absolute atomic E-state index is 0.0337. The first-order valence-electron chi connectivity index (χ1n) is 8.54. The van der Waals surface area contributed by atoms with Crippen LogP contribution in [0.4, 0.5) is 0 Å². The number of carboxylic acids is 2. The lowest BCUT2D eigenvalue weighted by Crippen LogP contribution is -2.24. The number of benzene rings is 2. The predicted octanol–water partition coefficient (Wildman–Crippen LogP) is 3.48. The first-order chi connectivity index (χ1) is 12.3. The van der Waals surface area contributed by atoms with Gasteiger partial charge in [-0.25, -0.2) is 0 Å². The molecule has 2 unspecified atom stereocenters. The molecule has 0 aromatic heterocycles. The SMILES string of the molecule is Cc1ccc(C(CC(O)CC(C(=O)O)c2ccc(C)cc2)C(=O)O)cc1. The third-order valence-corrected chi connectivity index (χ3v) is 4.57. The summed E-state index contributed by atoms with van der Waals surface area (Å²) < 4.78 is 0. The summed E-state index contributed by atoms with van der Waals surface area (Å²) in [6, 6.07) is 14.2. The van der Waals surface area contributed by atoms with Gasteiger partial charge in [0.05, 0.1) is 17.9 Å². The van der Waals surface area contributed by atoms with E-state index in [1.165, 1.54) is 0 Å². The van der Waals surface area contributed by atoms with E-state index in [2.05, 4.69) is 0 Å². The first kappa shape index (κ1) is 19.7. The molecular formula is C21H24O5. The van der Waals surface area contributed by atoms with Crippen LogP contribution in [0.15, 0.2) is 48.5 Å². The van der Waals surface area contributed by atoms with E-state index in [1.54, 1.807) is 24.3 Å². The van der Waals surface area contributed by atoms with E-state index in [-0.39, 0.29) is 12.8 Å². The number of aliphatic carboxylic acids is 2. The molecule has 0 fully saturated rings. The summed E-state index contributed by atoms with van der Waals surface area (Å²) in [5, 5.41) is 29.4. The van der Waals surface area contributed by atoms with Crippen LogP contribution < -0.4 is 0 Å². The fraction of sp³-hybridized carbons (Fsp3) is 0.333. The Morgan fingerprint density at radius 2 is 1.04 bits per heavy atom. The molecule has 0 radical (unpaired) electrons. The number of carboxylic acid groups (broad SMARTS) is 2. The fourth-order valence-electron chi connectivity index (χ4n) is 3.00. The third kappa shape index (κ3) is 5.17. The highest BCUT2D eigenvalue weighted by Gasteiger charge is 2.28. The molecule has 0 heterocycles. The molecular weight excluding hydrogens is 332 g/mol. The zero-order valence-electron chi connectivity index (χ0n) is 14.9. The zero-order valence-corrected chi connectivity index (χ0v) is 14.9. The van der Waals surface area contributed by atoms with Crippen molar-refractivity contribution in [3.63, 3.8) is 0 Å². The van der Waals surface area contributed by atoms with Gasteiger partial charge in [0.25, 0.3) is 0 Å². The van der Waals surface area contributed by atoms with Crippen LogP contribution in [0.25, 0.3) is 0 Å². The normalized spacial score (nSPS) is 14.4. The van der Waals surface area contributed by atoms with Crippen LogP contribution in [-0.4, -0.2) is 33.4 Å². The van der Waals surface area contributed by atoms with Crippen LogP contribution in [-0.2, 0) is 9.59 Å². The van der Waals surface area contributed by atoms with E-state index in [9.17, 15) is 24.9 Å². The molecule has 0 aliphatic rings. The minimum Gasteiger partial charge on any atom is -0.481 e. The molecule has 0 saturated heterocycles. The van der Waals surface area contributed by atoms with Gasteiger partial charge in [-0.2, -0.15) is 0 Å². The maximum absolute atomic E-state index is 11.6. The summed E-state index contributed by atoms with van der Waals surface area (Å²) in [4.78, 5) is 23.2. The number of hydrogen-bond acceptors (Lipinski definition) is 3. The van der Waals surface area contributed by atoms with Gasteiger partial charge in [-0.1, -0.05) is 59.7 Å². The Labute approximate surface area is 152 Å². The van der Waals surface area contributed by atoms with Crippen molar-refractivity contribution >= 4 is 11.9 Å². The summed E-state index contributed by atoms with van der Waals surface area (Å²) in [5.41, 5.74) is 3.24. The molecule has 0 amide bonds. The third-order valence-electron chi connectivity index (χ3n) is 4.57.